The number of rotatable bonds is 6. The van der Waals surface area contributed by atoms with Gasteiger partial charge in [-0.3, -0.25) is 0 Å². The van der Waals surface area contributed by atoms with Crippen molar-refractivity contribution in [3.8, 4) is 0 Å². The second kappa shape index (κ2) is 6.36. The maximum Gasteiger partial charge on any atom is 0.245 e. The molecule has 0 aliphatic carbocycles. The molecular weight excluding hydrogens is 264 g/mol. The molecule has 0 atom stereocenters. The first kappa shape index (κ1) is 15.9. The number of hydrogen-bond donors (Lipinski definition) is 1. The second-order valence-corrected chi connectivity index (χ2v) is 6.60. The molecule has 1 rings (SSSR count). The standard InChI is InChI=1S/C13H22N2O3S/c1-10-6-7-11(2)13(12(10)14)19(16,17)15(3)8-5-9-18-4/h6-7H,5,8-9,14H2,1-4H3. The average molecular weight is 286 g/mol. The molecule has 0 saturated carbocycles. The predicted octanol–water partition coefficient (Wildman–Crippen LogP) is 1.54. The van der Waals surface area contributed by atoms with Crippen molar-refractivity contribution in [1.29, 1.82) is 0 Å². The fraction of sp³-hybridized carbons (Fsp3) is 0.538. The van der Waals surface area contributed by atoms with E-state index in [1.165, 1.54) is 4.31 Å². The van der Waals surface area contributed by atoms with Gasteiger partial charge in [-0.05, 0) is 31.4 Å². The number of aryl methyl sites for hydroxylation is 2. The van der Waals surface area contributed by atoms with Gasteiger partial charge >= 0.3 is 0 Å². The Morgan fingerprint density at radius 1 is 1.26 bits per heavy atom. The minimum atomic E-state index is -3.55. The van der Waals surface area contributed by atoms with E-state index in [9.17, 15) is 8.42 Å². The van der Waals surface area contributed by atoms with Crippen molar-refractivity contribution in [2.45, 2.75) is 25.2 Å². The highest BCUT2D eigenvalue weighted by Crippen LogP contribution is 2.28. The quantitative estimate of drug-likeness (QED) is 0.636. The van der Waals surface area contributed by atoms with Gasteiger partial charge in [0.05, 0.1) is 5.69 Å². The Balaban J connectivity index is 3.10. The molecular formula is C13H22N2O3S. The lowest BCUT2D eigenvalue weighted by Gasteiger charge is -2.20. The summed E-state index contributed by atoms with van der Waals surface area (Å²) in [6.07, 6.45) is 0.650. The maximum absolute atomic E-state index is 12.5. The van der Waals surface area contributed by atoms with E-state index in [0.29, 0.717) is 30.8 Å². The van der Waals surface area contributed by atoms with Crippen LogP contribution in [0, 0.1) is 13.8 Å². The van der Waals surface area contributed by atoms with Crippen LogP contribution in [0.2, 0.25) is 0 Å². The van der Waals surface area contributed by atoms with Crippen LogP contribution in [0.5, 0.6) is 0 Å². The summed E-state index contributed by atoms with van der Waals surface area (Å²) in [6, 6.07) is 3.61. The summed E-state index contributed by atoms with van der Waals surface area (Å²) >= 11 is 0. The van der Waals surface area contributed by atoms with Crippen LogP contribution in [-0.4, -0.2) is 40.0 Å². The van der Waals surface area contributed by atoms with E-state index in [0.717, 1.165) is 5.56 Å². The highest BCUT2D eigenvalue weighted by Gasteiger charge is 2.25. The molecule has 0 amide bonds. The van der Waals surface area contributed by atoms with Crippen molar-refractivity contribution in [2.75, 3.05) is 33.0 Å². The van der Waals surface area contributed by atoms with Gasteiger partial charge in [0, 0.05) is 27.3 Å². The van der Waals surface area contributed by atoms with Crippen LogP contribution in [0.25, 0.3) is 0 Å². The smallest absolute Gasteiger partial charge is 0.245 e. The molecule has 0 spiro atoms. The molecule has 5 nitrogen and oxygen atoms in total. The molecule has 0 aromatic heterocycles. The Hall–Kier alpha value is -1.11. The summed E-state index contributed by atoms with van der Waals surface area (Å²) in [6.45, 7) is 4.50. The third kappa shape index (κ3) is 3.46. The number of nitrogens with zero attached hydrogens (tertiary/aromatic N) is 1. The molecule has 0 heterocycles. The van der Waals surface area contributed by atoms with Crippen LogP contribution in [0.15, 0.2) is 17.0 Å². The van der Waals surface area contributed by atoms with Crippen molar-refractivity contribution < 1.29 is 13.2 Å². The van der Waals surface area contributed by atoms with E-state index in [2.05, 4.69) is 0 Å². The SMILES string of the molecule is COCCCN(C)S(=O)(=O)c1c(C)ccc(C)c1N. The Morgan fingerprint density at radius 3 is 2.42 bits per heavy atom. The van der Waals surface area contributed by atoms with Gasteiger partial charge in [-0.2, -0.15) is 0 Å². The molecule has 1 aromatic carbocycles. The minimum Gasteiger partial charge on any atom is -0.397 e. The van der Waals surface area contributed by atoms with Gasteiger partial charge in [-0.1, -0.05) is 12.1 Å². The highest BCUT2D eigenvalue weighted by atomic mass is 32.2. The Kier molecular flexibility index (Phi) is 5.34. The molecule has 0 aliphatic heterocycles. The number of nitrogen functional groups attached to an aromatic ring is 1. The van der Waals surface area contributed by atoms with Gasteiger partial charge in [0.1, 0.15) is 4.90 Å². The molecule has 1 aromatic rings. The number of benzene rings is 1. The molecule has 6 heteroatoms. The molecule has 0 radical (unpaired) electrons. The van der Waals surface area contributed by atoms with Gasteiger partial charge in [0.2, 0.25) is 10.0 Å². The molecule has 108 valence electrons. The summed E-state index contributed by atoms with van der Waals surface area (Å²) in [4.78, 5) is 0.215. The lowest BCUT2D eigenvalue weighted by molar-refractivity contribution is 0.189. The second-order valence-electron chi connectivity index (χ2n) is 4.62. The Morgan fingerprint density at radius 2 is 1.84 bits per heavy atom. The van der Waals surface area contributed by atoms with E-state index >= 15 is 0 Å². The van der Waals surface area contributed by atoms with Crippen LogP contribution in [0.3, 0.4) is 0 Å². The number of methoxy groups -OCH3 is 1. The summed E-state index contributed by atoms with van der Waals surface area (Å²) < 4.78 is 31.3. The minimum absolute atomic E-state index is 0.215. The van der Waals surface area contributed by atoms with Gasteiger partial charge < -0.3 is 10.5 Å². The largest absolute Gasteiger partial charge is 0.397 e. The van der Waals surface area contributed by atoms with Crippen LogP contribution < -0.4 is 5.73 Å². The van der Waals surface area contributed by atoms with Crippen molar-refractivity contribution >= 4 is 15.7 Å². The molecule has 0 unspecified atom stereocenters. The lowest BCUT2D eigenvalue weighted by atomic mass is 10.1. The van der Waals surface area contributed by atoms with Crippen LogP contribution >= 0.6 is 0 Å². The zero-order valence-corrected chi connectivity index (χ0v) is 12.8. The topological polar surface area (TPSA) is 72.6 Å². The van der Waals surface area contributed by atoms with Crippen molar-refractivity contribution in [2.24, 2.45) is 0 Å². The average Bonchev–Trinajstić information content (AvgIpc) is 2.34. The number of anilines is 1. The number of sulfonamides is 1. The molecule has 2 N–H and O–H groups in total. The molecule has 0 saturated heterocycles. The van der Waals surface area contributed by atoms with Crippen molar-refractivity contribution in [1.82, 2.24) is 4.31 Å². The number of hydrogen-bond acceptors (Lipinski definition) is 4. The molecule has 0 bridgehead atoms. The van der Waals surface area contributed by atoms with Crippen molar-refractivity contribution in [3.63, 3.8) is 0 Å². The summed E-state index contributed by atoms with van der Waals surface area (Å²) in [5, 5.41) is 0. The van der Waals surface area contributed by atoms with E-state index in [1.54, 1.807) is 34.1 Å². The van der Waals surface area contributed by atoms with E-state index in [1.807, 2.05) is 6.07 Å². The Bertz CT molecular complexity index is 541. The predicted molar refractivity (Wildman–Crippen MR) is 76.6 cm³/mol. The summed E-state index contributed by atoms with van der Waals surface area (Å²) in [5.74, 6) is 0. The number of ether oxygens (including phenoxy) is 1. The van der Waals surface area contributed by atoms with E-state index in [-0.39, 0.29) is 4.90 Å². The molecule has 0 fully saturated rings. The van der Waals surface area contributed by atoms with Crippen LogP contribution in [0.4, 0.5) is 5.69 Å². The highest BCUT2D eigenvalue weighted by molar-refractivity contribution is 7.89. The Labute approximate surface area is 115 Å². The zero-order chi connectivity index (χ0) is 14.6. The fourth-order valence-corrected chi connectivity index (χ4v) is 3.45. The van der Waals surface area contributed by atoms with Gasteiger partial charge in [-0.25, -0.2) is 12.7 Å². The van der Waals surface area contributed by atoms with Crippen LogP contribution in [-0.2, 0) is 14.8 Å². The first-order valence-electron chi connectivity index (χ1n) is 6.13. The maximum atomic E-state index is 12.5. The third-order valence-corrected chi connectivity index (χ3v) is 5.16. The third-order valence-electron chi connectivity index (χ3n) is 3.10. The first-order valence-corrected chi connectivity index (χ1v) is 7.57. The van der Waals surface area contributed by atoms with E-state index < -0.39 is 10.0 Å². The van der Waals surface area contributed by atoms with Crippen molar-refractivity contribution in [3.05, 3.63) is 23.3 Å². The van der Waals surface area contributed by atoms with Crippen LogP contribution in [0.1, 0.15) is 17.5 Å². The van der Waals surface area contributed by atoms with E-state index in [4.69, 9.17) is 10.5 Å². The number of nitrogens with two attached hydrogens (primary N) is 1. The summed E-state index contributed by atoms with van der Waals surface area (Å²) in [7, 11) is -0.394. The summed E-state index contributed by atoms with van der Waals surface area (Å²) in [5.41, 5.74) is 7.70. The molecule has 0 aliphatic rings. The molecule has 19 heavy (non-hydrogen) atoms. The fourth-order valence-electron chi connectivity index (χ4n) is 1.86. The van der Waals surface area contributed by atoms with Gasteiger partial charge in [-0.15, -0.1) is 0 Å². The first-order chi connectivity index (χ1) is 8.82. The lowest BCUT2D eigenvalue weighted by Crippen LogP contribution is -2.30. The van der Waals surface area contributed by atoms with Gasteiger partial charge in [0.15, 0.2) is 0 Å². The normalized spacial score (nSPS) is 12.1. The van der Waals surface area contributed by atoms with Gasteiger partial charge in [0.25, 0.3) is 0 Å². The zero-order valence-electron chi connectivity index (χ0n) is 11.9. The monoisotopic (exact) mass is 286 g/mol.